The highest BCUT2D eigenvalue weighted by Gasteiger charge is 1.98. The molecule has 0 aliphatic carbocycles. The van der Waals surface area contributed by atoms with Gasteiger partial charge in [0, 0.05) is 25.5 Å². The third-order valence-corrected chi connectivity index (χ3v) is 3.64. The zero-order valence-corrected chi connectivity index (χ0v) is 11.3. The maximum Gasteiger partial charge on any atom is 0.0724 e. The van der Waals surface area contributed by atoms with E-state index in [1.807, 2.05) is 13.1 Å². The predicted molar refractivity (Wildman–Crippen MR) is 69.3 cm³/mol. The van der Waals surface area contributed by atoms with E-state index < -0.39 is 0 Å². The van der Waals surface area contributed by atoms with Crippen molar-refractivity contribution in [2.24, 2.45) is 0 Å². The number of thiophene rings is 1. The quantitative estimate of drug-likeness (QED) is 0.943. The molecule has 16 heavy (non-hydrogen) atoms. The fraction of sp³-hybridized carbons (Fsp3) is 0.273. The van der Waals surface area contributed by atoms with Crippen molar-refractivity contribution in [3.05, 3.63) is 44.6 Å². The van der Waals surface area contributed by atoms with E-state index in [-0.39, 0.29) is 0 Å². The van der Waals surface area contributed by atoms with Gasteiger partial charge in [0.2, 0.25) is 0 Å². The van der Waals surface area contributed by atoms with Crippen LogP contribution in [0.2, 0.25) is 0 Å². The highest BCUT2D eigenvalue weighted by atomic mass is 79.9. The second-order valence-electron chi connectivity index (χ2n) is 3.51. The summed E-state index contributed by atoms with van der Waals surface area (Å²) in [5.74, 6) is 0. The Morgan fingerprint density at radius 1 is 1.31 bits per heavy atom. The Labute approximate surface area is 107 Å². The molecule has 0 saturated heterocycles. The number of aromatic nitrogens is 2. The van der Waals surface area contributed by atoms with Crippen LogP contribution >= 0.6 is 27.3 Å². The Bertz CT molecular complexity index is 453. The Balaban J connectivity index is 1.82. The van der Waals surface area contributed by atoms with Crippen molar-refractivity contribution >= 4 is 27.3 Å². The van der Waals surface area contributed by atoms with Crippen molar-refractivity contribution in [1.29, 1.82) is 0 Å². The zero-order valence-electron chi connectivity index (χ0n) is 8.90. The summed E-state index contributed by atoms with van der Waals surface area (Å²) in [7, 11) is 0. The smallest absolute Gasteiger partial charge is 0.0724 e. The van der Waals surface area contributed by atoms with Gasteiger partial charge in [0.15, 0.2) is 0 Å². The molecular weight excluding hydrogens is 286 g/mol. The number of nitrogens with one attached hydrogen (secondary N) is 1. The second-order valence-corrected chi connectivity index (χ2v) is 5.80. The highest BCUT2D eigenvalue weighted by molar-refractivity contribution is 9.11. The number of aryl methyl sites for hydroxylation is 1. The molecule has 2 rings (SSSR count). The van der Waals surface area contributed by atoms with Gasteiger partial charge >= 0.3 is 0 Å². The summed E-state index contributed by atoms with van der Waals surface area (Å²) in [5, 5.41) is 5.47. The van der Waals surface area contributed by atoms with E-state index in [1.165, 1.54) is 9.35 Å². The number of hydrogen-bond donors (Lipinski definition) is 1. The Morgan fingerprint density at radius 3 is 2.81 bits per heavy atom. The molecule has 84 valence electrons. The molecule has 0 atom stereocenters. The minimum absolute atomic E-state index is 0.751. The van der Waals surface area contributed by atoms with E-state index >= 15 is 0 Å². The maximum absolute atomic E-state index is 4.28. The lowest BCUT2D eigenvalue weighted by molar-refractivity contribution is 0.677. The van der Waals surface area contributed by atoms with Crippen molar-refractivity contribution in [2.75, 3.05) is 0 Å². The van der Waals surface area contributed by atoms with Crippen LogP contribution in [0.4, 0.5) is 0 Å². The van der Waals surface area contributed by atoms with Gasteiger partial charge in [-0.05, 0) is 39.9 Å². The van der Waals surface area contributed by atoms with E-state index in [9.17, 15) is 0 Å². The van der Waals surface area contributed by atoms with Gasteiger partial charge in [-0.15, -0.1) is 11.3 Å². The van der Waals surface area contributed by atoms with Crippen LogP contribution < -0.4 is 5.32 Å². The predicted octanol–water partition coefficient (Wildman–Crippen LogP) is 2.90. The molecule has 2 heterocycles. The second kappa shape index (κ2) is 5.52. The Hall–Kier alpha value is -0.780. The van der Waals surface area contributed by atoms with Gasteiger partial charge in [0.25, 0.3) is 0 Å². The molecule has 2 aromatic rings. The highest BCUT2D eigenvalue weighted by Crippen LogP contribution is 2.20. The molecular formula is C11H12BrN3S. The number of nitrogens with zero attached hydrogens (tertiary/aromatic N) is 2. The number of halogens is 1. The Morgan fingerprint density at radius 2 is 2.19 bits per heavy atom. The fourth-order valence-electron chi connectivity index (χ4n) is 1.28. The van der Waals surface area contributed by atoms with Crippen LogP contribution in [0.1, 0.15) is 17.0 Å². The molecule has 0 fully saturated rings. The standard InChI is InChI=1S/C11H12BrN3S/c1-8-3-15-10(6-14-8)5-13-4-9-2-11(12)16-7-9/h2-3,6-7,13H,4-5H2,1H3. The lowest BCUT2D eigenvalue weighted by atomic mass is 10.3. The van der Waals surface area contributed by atoms with Gasteiger partial charge in [-0.3, -0.25) is 9.97 Å². The fourth-order valence-corrected chi connectivity index (χ4v) is 2.49. The van der Waals surface area contributed by atoms with E-state index in [0.29, 0.717) is 0 Å². The molecule has 2 aromatic heterocycles. The largest absolute Gasteiger partial charge is 0.307 e. The summed E-state index contributed by atoms with van der Waals surface area (Å²) >= 11 is 5.15. The topological polar surface area (TPSA) is 37.8 Å². The SMILES string of the molecule is Cc1cnc(CNCc2csc(Br)c2)cn1. The molecule has 0 aliphatic rings. The normalized spacial score (nSPS) is 10.6. The molecule has 1 N–H and O–H groups in total. The van der Waals surface area contributed by atoms with E-state index in [2.05, 4.69) is 42.7 Å². The first-order chi connectivity index (χ1) is 7.74. The van der Waals surface area contributed by atoms with Gasteiger partial charge in [-0.1, -0.05) is 0 Å². The van der Waals surface area contributed by atoms with Crippen LogP contribution in [0.15, 0.2) is 27.6 Å². The first kappa shape index (κ1) is 11.7. The van der Waals surface area contributed by atoms with Crippen LogP contribution in [-0.4, -0.2) is 9.97 Å². The minimum Gasteiger partial charge on any atom is -0.307 e. The average Bonchev–Trinajstić information content (AvgIpc) is 2.67. The van der Waals surface area contributed by atoms with Gasteiger partial charge in [0.1, 0.15) is 0 Å². The summed E-state index contributed by atoms with van der Waals surface area (Å²) in [6.07, 6.45) is 3.60. The van der Waals surface area contributed by atoms with E-state index in [1.54, 1.807) is 17.5 Å². The van der Waals surface area contributed by atoms with Crippen molar-refractivity contribution in [3.63, 3.8) is 0 Å². The van der Waals surface area contributed by atoms with Gasteiger partial charge in [-0.25, -0.2) is 0 Å². The van der Waals surface area contributed by atoms with Crippen LogP contribution in [0.3, 0.4) is 0 Å². The third-order valence-electron chi connectivity index (χ3n) is 2.09. The molecule has 0 radical (unpaired) electrons. The summed E-state index contributed by atoms with van der Waals surface area (Å²) in [6.45, 7) is 3.55. The van der Waals surface area contributed by atoms with Gasteiger partial charge in [-0.2, -0.15) is 0 Å². The monoisotopic (exact) mass is 297 g/mol. The molecule has 0 saturated carbocycles. The lowest BCUT2D eigenvalue weighted by Crippen LogP contribution is -2.13. The summed E-state index contributed by atoms with van der Waals surface area (Å²) in [6, 6.07) is 2.12. The van der Waals surface area contributed by atoms with Gasteiger partial charge < -0.3 is 5.32 Å². The summed E-state index contributed by atoms with van der Waals surface area (Å²) in [5.41, 5.74) is 3.21. The number of rotatable bonds is 4. The molecule has 0 unspecified atom stereocenters. The van der Waals surface area contributed by atoms with Gasteiger partial charge in [0.05, 0.1) is 15.2 Å². The maximum atomic E-state index is 4.28. The van der Waals surface area contributed by atoms with Crippen LogP contribution in [0.5, 0.6) is 0 Å². The van der Waals surface area contributed by atoms with Crippen molar-refractivity contribution in [2.45, 2.75) is 20.0 Å². The van der Waals surface area contributed by atoms with Crippen LogP contribution in [0.25, 0.3) is 0 Å². The first-order valence-corrected chi connectivity index (χ1v) is 6.62. The van der Waals surface area contributed by atoms with Crippen molar-refractivity contribution < 1.29 is 0 Å². The molecule has 0 aromatic carbocycles. The molecule has 0 spiro atoms. The molecule has 5 heteroatoms. The van der Waals surface area contributed by atoms with Crippen molar-refractivity contribution in [3.8, 4) is 0 Å². The van der Waals surface area contributed by atoms with Crippen LogP contribution in [0, 0.1) is 6.92 Å². The first-order valence-electron chi connectivity index (χ1n) is 4.95. The van der Waals surface area contributed by atoms with E-state index in [4.69, 9.17) is 0 Å². The van der Waals surface area contributed by atoms with E-state index in [0.717, 1.165) is 24.5 Å². The summed E-state index contributed by atoms with van der Waals surface area (Å²) < 4.78 is 1.17. The third kappa shape index (κ3) is 3.37. The van der Waals surface area contributed by atoms with Crippen molar-refractivity contribution in [1.82, 2.24) is 15.3 Å². The minimum atomic E-state index is 0.751. The zero-order chi connectivity index (χ0) is 11.4. The molecule has 0 bridgehead atoms. The Kier molecular flexibility index (Phi) is 4.04. The van der Waals surface area contributed by atoms with Crippen LogP contribution in [-0.2, 0) is 13.1 Å². The number of hydrogen-bond acceptors (Lipinski definition) is 4. The molecule has 0 aliphatic heterocycles. The summed E-state index contributed by atoms with van der Waals surface area (Å²) in [4.78, 5) is 8.48. The molecule has 0 amide bonds. The average molecular weight is 298 g/mol. The lowest BCUT2D eigenvalue weighted by Gasteiger charge is -2.02. The molecule has 3 nitrogen and oxygen atoms in total.